The van der Waals surface area contributed by atoms with Crippen LogP contribution in [0.4, 0.5) is 0 Å². The van der Waals surface area contributed by atoms with Crippen LogP contribution in [0.3, 0.4) is 0 Å². The smallest absolute Gasteiger partial charge is 0.203 e. The summed E-state index contributed by atoms with van der Waals surface area (Å²) < 4.78 is 4.14. The van der Waals surface area contributed by atoms with Gasteiger partial charge in [0.25, 0.3) is 0 Å². The molecule has 0 amide bonds. The van der Waals surface area contributed by atoms with Gasteiger partial charge in [-0.2, -0.15) is 0 Å². The van der Waals surface area contributed by atoms with Gasteiger partial charge in [-0.1, -0.05) is 58.3 Å². The molecular formula is C16H30N2. The molecule has 0 fully saturated rings. The van der Waals surface area contributed by atoms with Gasteiger partial charge in [0.05, 0.1) is 13.6 Å². The van der Waals surface area contributed by atoms with Gasteiger partial charge in [0.2, 0.25) is 6.33 Å². The minimum Gasteiger partial charge on any atom is -0.354 e. The SMILES string of the molecule is CCCCCCCCCCCC[n+]1[c-]n(C)cc1. The normalized spacial score (nSPS) is 11.0. The number of rotatable bonds is 11. The van der Waals surface area contributed by atoms with Gasteiger partial charge in [-0.3, -0.25) is 0 Å². The second kappa shape index (κ2) is 10.2. The maximum Gasteiger partial charge on any atom is 0.203 e. The molecule has 18 heavy (non-hydrogen) atoms. The van der Waals surface area contributed by atoms with Crippen LogP contribution in [0.15, 0.2) is 12.4 Å². The van der Waals surface area contributed by atoms with Crippen LogP contribution in [-0.2, 0) is 13.6 Å². The van der Waals surface area contributed by atoms with Crippen LogP contribution in [0.25, 0.3) is 0 Å². The maximum absolute atomic E-state index is 3.24. The predicted molar refractivity (Wildman–Crippen MR) is 76.3 cm³/mol. The van der Waals surface area contributed by atoms with Gasteiger partial charge in [0, 0.05) is 0 Å². The lowest BCUT2D eigenvalue weighted by Crippen LogP contribution is -2.31. The lowest BCUT2D eigenvalue weighted by Gasteiger charge is -2.02. The third-order valence-electron chi connectivity index (χ3n) is 3.51. The first-order valence-electron chi connectivity index (χ1n) is 7.77. The van der Waals surface area contributed by atoms with Crippen molar-refractivity contribution in [2.45, 2.75) is 77.7 Å². The van der Waals surface area contributed by atoms with Crippen molar-refractivity contribution >= 4 is 0 Å². The Labute approximate surface area is 113 Å². The van der Waals surface area contributed by atoms with Crippen LogP contribution >= 0.6 is 0 Å². The van der Waals surface area contributed by atoms with Crippen molar-refractivity contribution in [2.75, 3.05) is 0 Å². The molecule has 104 valence electrons. The summed E-state index contributed by atoms with van der Waals surface area (Å²) >= 11 is 0. The summed E-state index contributed by atoms with van der Waals surface area (Å²) in [6, 6.07) is 0. The summed E-state index contributed by atoms with van der Waals surface area (Å²) in [6.45, 7) is 3.40. The molecule has 0 unspecified atom stereocenters. The minimum atomic E-state index is 1.12. The topological polar surface area (TPSA) is 8.81 Å². The highest BCUT2D eigenvalue weighted by atomic mass is 15.1. The summed E-state index contributed by atoms with van der Waals surface area (Å²) in [4.78, 5) is 0. The van der Waals surface area contributed by atoms with Crippen molar-refractivity contribution in [1.29, 1.82) is 0 Å². The molecule has 0 bridgehead atoms. The summed E-state index contributed by atoms with van der Waals surface area (Å²) in [7, 11) is 2.02. The number of nitrogens with zero attached hydrogens (tertiary/aromatic N) is 2. The van der Waals surface area contributed by atoms with E-state index in [-0.39, 0.29) is 0 Å². The first-order chi connectivity index (χ1) is 8.83. The number of unbranched alkanes of at least 4 members (excludes halogenated alkanes) is 9. The molecule has 0 saturated heterocycles. The molecule has 0 radical (unpaired) electrons. The zero-order chi connectivity index (χ0) is 13.1. The summed E-state index contributed by atoms with van der Waals surface area (Å²) in [5.41, 5.74) is 0. The predicted octanol–water partition coefficient (Wildman–Crippen LogP) is 4.03. The van der Waals surface area contributed by atoms with Gasteiger partial charge in [0.15, 0.2) is 0 Å². The number of aromatic nitrogens is 2. The molecule has 1 heterocycles. The first-order valence-corrected chi connectivity index (χ1v) is 7.77. The Kier molecular flexibility index (Phi) is 8.62. The Morgan fingerprint density at radius 2 is 1.44 bits per heavy atom. The van der Waals surface area contributed by atoms with E-state index >= 15 is 0 Å². The summed E-state index contributed by atoms with van der Waals surface area (Å²) in [5.74, 6) is 0. The van der Waals surface area contributed by atoms with Crippen molar-refractivity contribution < 1.29 is 4.57 Å². The van der Waals surface area contributed by atoms with E-state index in [9.17, 15) is 0 Å². The van der Waals surface area contributed by atoms with E-state index in [2.05, 4.69) is 30.2 Å². The minimum absolute atomic E-state index is 1.12. The monoisotopic (exact) mass is 250 g/mol. The van der Waals surface area contributed by atoms with Crippen LogP contribution in [-0.4, -0.2) is 4.57 Å². The highest BCUT2D eigenvalue weighted by molar-refractivity contribution is 4.60. The molecule has 1 rings (SSSR count). The van der Waals surface area contributed by atoms with Crippen LogP contribution in [0.1, 0.15) is 71.1 Å². The molecule has 0 aromatic carbocycles. The van der Waals surface area contributed by atoms with Gasteiger partial charge >= 0.3 is 0 Å². The van der Waals surface area contributed by atoms with Crippen molar-refractivity contribution in [2.24, 2.45) is 7.05 Å². The molecule has 0 saturated carbocycles. The highest BCUT2D eigenvalue weighted by Crippen LogP contribution is 2.10. The van der Waals surface area contributed by atoms with E-state index in [4.69, 9.17) is 0 Å². The van der Waals surface area contributed by atoms with E-state index in [0.717, 1.165) is 6.54 Å². The molecule has 0 aliphatic rings. The van der Waals surface area contributed by atoms with E-state index in [1.807, 2.05) is 11.6 Å². The average molecular weight is 250 g/mol. The van der Waals surface area contributed by atoms with Gasteiger partial charge in [-0.25, -0.2) is 0 Å². The fourth-order valence-electron chi connectivity index (χ4n) is 2.34. The van der Waals surface area contributed by atoms with E-state index in [1.54, 1.807) is 0 Å². The van der Waals surface area contributed by atoms with E-state index < -0.39 is 0 Å². The van der Waals surface area contributed by atoms with Gasteiger partial charge in [0.1, 0.15) is 0 Å². The fourth-order valence-corrected chi connectivity index (χ4v) is 2.34. The zero-order valence-electron chi connectivity index (χ0n) is 12.3. The fraction of sp³-hybridized carbons (Fsp3) is 0.812. The molecule has 1 aromatic rings. The van der Waals surface area contributed by atoms with Gasteiger partial charge < -0.3 is 9.13 Å². The second-order valence-corrected chi connectivity index (χ2v) is 5.38. The van der Waals surface area contributed by atoms with Crippen molar-refractivity contribution in [3.8, 4) is 0 Å². The molecule has 0 atom stereocenters. The Bertz CT molecular complexity index is 291. The highest BCUT2D eigenvalue weighted by Gasteiger charge is 1.95. The van der Waals surface area contributed by atoms with E-state index in [1.165, 1.54) is 64.2 Å². The molecule has 1 aromatic heterocycles. The molecular weight excluding hydrogens is 220 g/mol. The number of hydrogen-bond donors (Lipinski definition) is 0. The molecule has 0 aliphatic carbocycles. The van der Waals surface area contributed by atoms with E-state index in [0.29, 0.717) is 0 Å². The molecule has 2 heteroatoms. The van der Waals surface area contributed by atoms with Crippen LogP contribution < -0.4 is 4.57 Å². The zero-order valence-corrected chi connectivity index (χ0v) is 12.3. The molecule has 0 spiro atoms. The summed E-state index contributed by atoms with van der Waals surface area (Å²) in [5, 5.41) is 0. The Hall–Kier alpha value is -0.790. The first kappa shape index (κ1) is 15.3. The maximum atomic E-state index is 3.24. The van der Waals surface area contributed by atoms with Crippen molar-refractivity contribution in [3.05, 3.63) is 18.7 Å². The van der Waals surface area contributed by atoms with Crippen LogP contribution in [0.2, 0.25) is 0 Å². The third-order valence-corrected chi connectivity index (χ3v) is 3.51. The van der Waals surface area contributed by atoms with Crippen LogP contribution in [0.5, 0.6) is 0 Å². The second-order valence-electron chi connectivity index (χ2n) is 5.38. The number of aryl methyl sites for hydroxylation is 2. The van der Waals surface area contributed by atoms with Gasteiger partial charge in [-0.05, 0) is 25.2 Å². The lowest BCUT2D eigenvalue weighted by atomic mass is 10.1. The van der Waals surface area contributed by atoms with Crippen LogP contribution in [0, 0.1) is 6.33 Å². The number of imidazole rings is 1. The molecule has 2 nitrogen and oxygen atoms in total. The van der Waals surface area contributed by atoms with Gasteiger partial charge in [-0.15, -0.1) is 0 Å². The Balaban J connectivity index is 1.81. The largest absolute Gasteiger partial charge is 0.354 e. The molecule has 0 aliphatic heterocycles. The summed E-state index contributed by atoms with van der Waals surface area (Å²) in [6.07, 6.45) is 21.4. The third kappa shape index (κ3) is 7.52. The van der Waals surface area contributed by atoms with Crippen molar-refractivity contribution in [3.63, 3.8) is 0 Å². The standard InChI is InChI=1S/C16H30N2/c1-3-4-5-6-7-8-9-10-11-12-13-18-15-14-17(2)16-18/h14-15H,3-13H2,1-2H3. The Morgan fingerprint density at radius 1 is 0.889 bits per heavy atom. The lowest BCUT2D eigenvalue weighted by molar-refractivity contribution is -0.700. The van der Waals surface area contributed by atoms with Crippen molar-refractivity contribution in [1.82, 2.24) is 4.57 Å². The quantitative estimate of drug-likeness (QED) is 0.318. The molecule has 0 N–H and O–H groups in total. The number of hydrogen-bond acceptors (Lipinski definition) is 0. The Morgan fingerprint density at radius 3 is 1.94 bits per heavy atom. The average Bonchev–Trinajstić information content (AvgIpc) is 2.77.